The molecule has 4 nitrogen and oxygen atoms in total. The van der Waals surface area contributed by atoms with E-state index < -0.39 is 0 Å². The highest BCUT2D eigenvalue weighted by Crippen LogP contribution is 2.30. The fourth-order valence-electron chi connectivity index (χ4n) is 1.24. The summed E-state index contributed by atoms with van der Waals surface area (Å²) in [5.74, 6) is 6.08. The number of hydrogen-bond acceptors (Lipinski definition) is 5. The van der Waals surface area contributed by atoms with Gasteiger partial charge in [-0.1, -0.05) is 46.8 Å². The summed E-state index contributed by atoms with van der Waals surface area (Å²) >= 11 is 13.2. The van der Waals surface area contributed by atoms with E-state index in [0.29, 0.717) is 32.5 Å². The highest BCUT2D eigenvalue weighted by Gasteiger charge is 2.12. The number of nitrogens with zero attached hydrogens (tertiary/aromatic N) is 2. The molecule has 0 unspecified atom stereocenters. The van der Waals surface area contributed by atoms with Crippen molar-refractivity contribution in [2.75, 3.05) is 12.4 Å². The minimum Gasteiger partial charge on any atom is -0.411 e. The van der Waals surface area contributed by atoms with Crippen LogP contribution in [0.3, 0.4) is 0 Å². The molecule has 0 fully saturated rings. The molecule has 0 bridgehead atoms. The molecule has 0 atom stereocenters. The molecule has 98 valence electrons. The van der Waals surface area contributed by atoms with Crippen LogP contribution in [-0.2, 0) is 0 Å². The number of benzene rings is 1. The number of aromatic nitrogens is 2. The van der Waals surface area contributed by atoms with Crippen molar-refractivity contribution in [3.63, 3.8) is 0 Å². The van der Waals surface area contributed by atoms with Crippen molar-refractivity contribution in [1.82, 2.24) is 10.2 Å². The predicted molar refractivity (Wildman–Crippen MR) is 75.3 cm³/mol. The van der Waals surface area contributed by atoms with Crippen LogP contribution in [0.1, 0.15) is 0 Å². The van der Waals surface area contributed by atoms with Crippen molar-refractivity contribution in [3.8, 4) is 23.3 Å². The van der Waals surface area contributed by atoms with E-state index in [9.17, 15) is 0 Å². The third kappa shape index (κ3) is 3.88. The molecule has 7 heteroatoms. The SMILES string of the molecule is OCC#CCSc1nnc(-c2ccc(Cl)cc2Cl)o1. The topological polar surface area (TPSA) is 59.2 Å². The van der Waals surface area contributed by atoms with Gasteiger partial charge in [0.2, 0.25) is 5.89 Å². The van der Waals surface area contributed by atoms with Crippen molar-refractivity contribution in [3.05, 3.63) is 28.2 Å². The first-order chi connectivity index (χ1) is 9.20. The van der Waals surface area contributed by atoms with Gasteiger partial charge in [0.1, 0.15) is 6.61 Å². The standard InChI is InChI=1S/C12H8Cl2N2O2S/c13-8-3-4-9(10(14)7-8)11-15-16-12(18-11)19-6-2-1-5-17/h3-4,7,17H,5-6H2. The normalized spacial score (nSPS) is 10.1. The Morgan fingerprint density at radius 3 is 2.84 bits per heavy atom. The zero-order valence-corrected chi connectivity index (χ0v) is 11.9. The zero-order valence-electron chi connectivity index (χ0n) is 9.56. The summed E-state index contributed by atoms with van der Waals surface area (Å²) in [4.78, 5) is 0. The molecule has 0 saturated carbocycles. The van der Waals surface area contributed by atoms with Crippen LogP contribution >= 0.6 is 35.0 Å². The summed E-state index contributed by atoms with van der Waals surface area (Å²) < 4.78 is 5.45. The first-order valence-corrected chi connectivity index (χ1v) is 6.93. The largest absolute Gasteiger partial charge is 0.411 e. The average Bonchev–Trinajstić information content (AvgIpc) is 2.83. The molecule has 0 radical (unpaired) electrons. The van der Waals surface area contributed by atoms with Crippen LogP contribution in [0.4, 0.5) is 0 Å². The smallest absolute Gasteiger partial charge is 0.277 e. The Balaban J connectivity index is 2.12. The second-order valence-electron chi connectivity index (χ2n) is 3.30. The third-order valence-electron chi connectivity index (χ3n) is 2.04. The average molecular weight is 315 g/mol. The molecule has 0 aliphatic rings. The van der Waals surface area contributed by atoms with Gasteiger partial charge >= 0.3 is 0 Å². The number of thioether (sulfide) groups is 1. The van der Waals surface area contributed by atoms with E-state index in [4.69, 9.17) is 32.7 Å². The molecule has 0 spiro atoms. The fraction of sp³-hybridized carbons (Fsp3) is 0.167. The third-order valence-corrected chi connectivity index (χ3v) is 3.29. The molecule has 19 heavy (non-hydrogen) atoms. The van der Waals surface area contributed by atoms with E-state index >= 15 is 0 Å². The lowest BCUT2D eigenvalue weighted by atomic mass is 10.2. The van der Waals surface area contributed by atoms with Crippen molar-refractivity contribution >= 4 is 35.0 Å². The van der Waals surface area contributed by atoms with Crippen LogP contribution in [0, 0.1) is 11.8 Å². The molecule has 1 heterocycles. The minimum absolute atomic E-state index is 0.157. The quantitative estimate of drug-likeness (QED) is 0.696. The molecule has 0 aliphatic carbocycles. The molecular formula is C12H8Cl2N2O2S. The maximum absolute atomic E-state index is 8.51. The van der Waals surface area contributed by atoms with Crippen molar-refractivity contribution < 1.29 is 9.52 Å². The van der Waals surface area contributed by atoms with Gasteiger partial charge in [-0.25, -0.2) is 0 Å². The van der Waals surface area contributed by atoms with Gasteiger partial charge in [0.15, 0.2) is 0 Å². The van der Waals surface area contributed by atoms with Gasteiger partial charge < -0.3 is 9.52 Å². The van der Waals surface area contributed by atoms with Crippen LogP contribution < -0.4 is 0 Å². The summed E-state index contributed by atoms with van der Waals surface area (Å²) in [6, 6.07) is 5.03. The Labute approximate surface area is 124 Å². The Bertz CT molecular complexity index is 634. The lowest BCUT2D eigenvalue weighted by Gasteiger charge is -1.98. The second-order valence-corrected chi connectivity index (χ2v) is 5.07. The van der Waals surface area contributed by atoms with Gasteiger partial charge in [0.25, 0.3) is 5.22 Å². The summed E-state index contributed by atoms with van der Waals surface area (Å²) in [5, 5.41) is 17.7. The Hall–Kier alpha value is -1.19. The molecule has 1 N–H and O–H groups in total. The molecule has 2 rings (SSSR count). The van der Waals surface area contributed by atoms with E-state index in [1.165, 1.54) is 11.8 Å². The van der Waals surface area contributed by atoms with Gasteiger partial charge in [0, 0.05) is 5.02 Å². The number of rotatable bonds is 3. The summed E-state index contributed by atoms with van der Waals surface area (Å²) in [6.07, 6.45) is 0. The van der Waals surface area contributed by atoms with Crippen LogP contribution in [0.2, 0.25) is 10.0 Å². The summed E-state index contributed by atoms with van der Waals surface area (Å²) in [5.41, 5.74) is 0.631. The number of halogens is 2. The van der Waals surface area contributed by atoms with Crippen LogP contribution in [0.15, 0.2) is 27.8 Å². The summed E-state index contributed by atoms with van der Waals surface area (Å²) in [7, 11) is 0. The van der Waals surface area contributed by atoms with Gasteiger partial charge in [-0.15, -0.1) is 10.2 Å². The van der Waals surface area contributed by atoms with Crippen molar-refractivity contribution in [2.24, 2.45) is 0 Å². The van der Waals surface area contributed by atoms with Gasteiger partial charge in [-0.05, 0) is 18.2 Å². The number of aliphatic hydroxyl groups excluding tert-OH is 1. The van der Waals surface area contributed by atoms with Crippen molar-refractivity contribution in [1.29, 1.82) is 0 Å². The van der Waals surface area contributed by atoms with E-state index in [1.807, 2.05) is 0 Å². The number of aliphatic hydroxyl groups is 1. The fourth-order valence-corrected chi connectivity index (χ4v) is 2.27. The maximum atomic E-state index is 8.51. The molecule has 1 aromatic heterocycles. The Kier molecular flexibility index (Phi) is 5.11. The number of hydrogen-bond donors (Lipinski definition) is 1. The van der Waals surface area contributed by atoms with E-state index in [2.05, 4.69) is 22.0 Å². The van der Waals surface area contributed by atoms with Crippen LogP contribution in [0.5, 0.6) is 0 Å². The first-order valence-electron chi connectivity index (χ1n) is 5.19. The Morgan fingerprint density at radius 2 is 2.11 bits per heavy atom. The Morgan fingerprint density at radius 1 is 1.26 bits per heavy atom. The van der Waals surface area contributed by atoms with Crippen molar-refractivity contribution in [2.45, 2.75) is 5.22 Å². The zero-order chi connectivity index (χ0) is 13.7. The van der Waals surface area contributed by atoms with Crippen LogP contribution in [0.25, 0.3) is 11.5 Å². The highest BCUT2D eigenvalue weighted by atomic mass is 35.5. The van der Waals surface area contributed by atoms with Gasteiger partial charge in [-0.2, -0.15) is 0 Å². The summed E-state index contributed by atoms with van der Waals surface area (Å²) in [6.45, 7) is -0.157. The van der Waals surface area contributed by atoms with Gasteiger partial charge in [-0.3, -0.25) is 0 Å². The molecular weight excluding hydrogens is 307 g/mol. The van der Waals surface area contributed by atoms with E-state index in [1.54, 1.807) is 18.2 Å². The molecule has 0 amide bonds. The second kappa shape index (κ2) is 6.83. The highest BCUT2D eigenvalue weighted by molar-refractivity contribution is 7.99. The lowest BCUT2D eigenvalue weighted by molar-refractivity contribution is 0.350. The predicted octanol–water partition coefficient (Wildman–Crippen LogP) is 3.13. The monoisotopic (exact) mass is 314 g/mol. The maximum Gasteiger partial charge on any atom is 0.277 e. The van der Waals surface area contributed by atoms with E-state index in [-0.39, 0.29) is 6.61 Å². The molecule has 1 aromatic carbocycles. The molecule has 0 saturated heterocycles. The van der Waals surface area contributed by atoms with Crippen LogP contribution in [-0.4, -0.2) is 27.7 Å². The van der Waals surface area contributed by atoms with Gasteiger partial charge in [0.05, 0.1) is 16.3 Å². The van der Waals surface area contributed by atoms with E-state index in [0.717, 1.165) is 0 Å². The lowest BCUT2D eigenvalue weighted by Crippen LogP contribution is -1.79. The molecule has 0 aliphatic heterocycles. The first kappa shape index (κ1) is 14.2. The minimum atomic E-state index is -0.157. The molecule has 2 aromatic rings.